The highest BCUT2D eigenvalue weighted by Gasteiger charge is 2.17. The van der Waals surface area contributed by atoms with E-state index in [1.165, 1.54) is 24.4 Å². The van der Waals surface area contributed by atoms with Crippen molar-refractivity contribution in [3.8, 4) is 17.1 Å². The number of carboxylic acids is 1. The molecule has 5 rings (SSSR count). The Bertz CT molecular complexity index is 1700. The summed E-state index contributed by atoms with van der Waals surface area (Å²) in [6.45, 7) is 2.59. The number of ether oxygens (including phenoxy) is 2. The number of aromatic nitrogens is 4. The number of benzene rings is 2. The molecule has 40 heavy (non-hydrogen) atoms. The Morgan fingerprint density at radius 3 is 2.55 bits per heavy atom. The Balaban J connectivity index is 1.37. The number of aryl methyl sites for hydroxylation is 1. The molecule has 0 saturated carbocycles. The van der Waals surface area contributed by atoms with Gasteiger partial charge < -0.3 is 19.1 Å². The number of aromatic carboxylic acids is 1. The number of methoxy groups -OCH3 is 1. The van der Waals surface area contributed by atoms with Crippen molar-refractivity contribution >= 4 is 17.1 Å². The average molecular weight is 545 g/mol. The molecule has 0 aliphatic rings. The largest absolute Gasteiger partial charge is 0.478 e. The summed E-state index contributed by atoms with van der Waals surface area (Å²) in [6.07, 6.45) is 1.41. The Morgan fingerprint density at radius 2 is 1.80 bits per heavy atom. The molecule has 0 aliphatic heterocycles. The number of imidazole rings is 1. The first-order chi connectivity index (χ1) is 19.3. The lowest BCUT2D eigenvalue weighted by atomic mass is 10.1. The standard InChI is InChI=1S/C30H26F2N4O4/c1-18-6-7-21(23(31)12-18)17-40-28-5-3-4-25(34-28)20-9-8-19(24(32)13-20)15-27-35-29-26(36(27)10-11-39-2)14-22(16-33-29)30(37)38/h3-9,12-14,16H,10-11,15,17H2,1-2H3,(H,37,38). The van der Waals surface area contributed by atoms with E-state index in [1.807, 2.05) is 13.0 Å². The first kappa shape index (κ1) is 26.9. The molecule has 0 fully saturated rings. The number of hydrogen-bond donors (Lipinski definition) is 1. The van der Waals surface area contributed by atoms with Gasteiger partial charge in [0, 0.05) is 43.5 Å². The predicted octanol–water partition coefficient (Wildman–Crippen LogP) is 5.59. The van der Waals surface area contributed by atoms with Gasteiger partial charge >= 0.3 is 5.97 Å². The second-order valence-corrected chi connectivity index (χ2v) is 9.27. The normalized spacial score (nSPS) is 11.2. The third-order valence-electron chi connectivity index (χ3n) is 6.46. The quantitative estimate of drug-likeness (QED) is 0.245. The highest BCUT2D eigenvalue weighted by Crippen LogP contribution is 2.25. The summed E-state index contributed by atoms with van der Waals surface area (Å²) in [5.74, 6) is -1.06. The number of pyridine rings is 2. The molecule has 204 valence electrons. The molecule has 0 saturated heterocycles. The zero-order valence-corrected chi connectivity index (χ0v) is 21.9. The summed E-state index contributed by atoms with van der Waals surface area (Å²) in [4.78, 5) is 24.6. The van der Waals surface area contributed by atoms with Crippen LogP contribution in [0.1, 0.15) is 32.9 Å². The molecule has 0 spiro atoms. The molecule has 3 heterocycles. The Hall–Kier alpha value is -4.70. The van der Waals surface area contributed by atoms with E-state index in [2.05, 4.69) is 15.0 Å². The van der Waals surface area contributed by atoms with Crippen molar-refractivity contribution in [3.63, 3.8) is 0 Å². The molecule has 5 aromatic rings. The van der Waals surface area contributed by atoms with E-state index in [0.29, 0.717) is 58.4 Å². The lowest BCUT2D eigenvalue weighted by molar-refractivity contribution is 0.0696. The van der Waals surface area contributed by atoms with Gasteiger partial charge in [0.1, 0.15) is 24.1 Å². The van der Waals surface area contributed by atoms with Gasteiger partial charge in [0.05, 0.1) is 23.4 Å². The Morgan fingerprint density at radius 1 is 1.00 bits per heavy atom. The summed E-state index contributed by atoms with van der Waals surface area (Å²) < 4.78 is 42.2. The Labute approximate surface area is 228 Å². The molecule has 3 aromatic heterocycles. The molecule has 0 bridgehead atoms. The molecular weight excluding hydrogens is 518 g/mol. The Kier molecular flexibility index (Phi) is 7.79. The van der Waals surface area contributed by atoms with Gasteiger partial charge in [0.25, 0.3) is 0 Å². The lowest BCUT2D eigenvalue weighted by Crippen LogP contribution is -2.10. The number of rotatable bonds is 10. The molecule has 0 aliphatic carbocycles. The molecule has 0 atom stereocenters. The van der Waals surface area contributed by atoms with Gasteiger partial charge in [-0.05, 0) is 42.3 Å². The van der Waals surface area contributed by atoms with Crippen LogP contribution in [0, 0.1) is 18.6 Å². The topological polar surface area (TPSA) is 99.4 Å². The van der Waals surface area contributed by atoms with Crippen molar-refractivity contribution in [2.75, 3.05) is 13.7 Å². The smallest absolute Gasteiger partial charge is 0.337 e. The first-order valence-electron chi connectivity index (χ1n) is 12.5. The van der Waals surface area contributed by atoms with Crippen molar-refractivity contribution in [1.29, 1.82) is 0 Å². The summed E-state index contributed by atoms with van der Waals surface area (Å²) >= 11 is 0. The number of carboxylic acid groups (broad SMARTS) is 1. The molecule has 0 radical (unpaired) electrons. The van der Waals surface area contributed by atoms with Crippen LogP contribution in [0.15, 0.2) is 66.9 Å². The summed E-state index contributed by atoms with van der Waals surface area (Å²) in [6, 6.07) is 16.4. The number of carbonyl (C=O) groups is 1. The van der Waals surface area contributed by atoms with Gasteiger partial charge in [0.15, 0.2) is 5.65 Å². The van der Waals surface area contributed by atoms with Gasteiger partial charge in [-0.3, -0.25) is 0 Å². The van der Waals surface area contributed by atoms with Gasteiger partial charge in [0.2, 0.25) is 5.88 Å². The van der Waals surface area contributed by atoms with E-state index in [0.717, 1.165) is 5.56 Å². The summed E-state index contributed by atoms with van der Waals surface area (Å²) in [5, 5.41) is 9.36. The van der Waals surface area contributed by atoms with Crippen LogP contribution in [-0.2, 0) is 24.3 Å². The molecule has 10 heteroatoms. The minimum Gasteiger partial charge on any atom is -0.478 e. The monoisotopic (exact) mass is 544 g/mol. The SMILES string of the molecule is COCCn1c(Cc2ccc(-c3cccc(OCc4ccc(C)cc4F)n3)cc2F)nc2ncc(C(=O)O)cc21. The fourth-order valence-corrected chi connectivity index (χ4v) is 4.33. The number of nitrogens with zero attached hydrogens (tertiary/aromatic N) is 4. The minimum absolute atomic E-state index is 0.0166. The van der Waals surface area contributed by atoms with E-state index in [4.69, 9.17) is 9.47 Å². The highest BCUT2D eigenvalue weighted by atomic mass is 19.1. The zero-order valence-electron chi connectivity index (χ0n) is 21.9. The maximum absolute atomic E-state index is 15.3. The zero-order chi connectivity index (χ0) is 28.2. The molecule has 0 unspecified atom stereocenters. The van der Waals surface area contributed by atoms with Gasteiger partial charge in [-0.2, -0.15) is 0 Å². The fourth-order valence-electron chi connectivity index (χ4n) is 4.33. The van der Waals surface area contributed by atoms with Crippen LogP contribution >= 0.6 is 0 Å². The molecule has 1 N–H and O–H groups in total. The van der Waals surface area contributed by atoms with E-state index in [1.54, 1.807) is 48.1 Å². The van der Waals surface area contributed by atoms with E-state index in [-0.39, 0.29) is 24.4 Å². The molecular formula is C30H26F2N4O4. The van der Waals surface area contributed by atoms with E-state index < -0.39 is 11.8 Å². The fraction of sp³-hybridized carbons (Fsp3) is 0.200. The molecule has 2 aromatic carbocycles. The molecule has 0 amide bonds. The number of hydrogen-bond acceptors (Lipinski definition) is 6. The number of fused-ring (bicyclic) bond motifs is 1. The van der Waals surface area contributed by atoms with Crippen LogP contribution < -0.4 is 4.74 Å². The second-order valence-electron chi connectivity index (χ2n) is 9.27. The highest BCUT2D eigenvalue weighted by molar-refractivity contribution is 5.91. The van der Waals surface area contributed by atoms with Gasteiger partial charge in [-0.25, -0.2) is 28.5 Å². The third kappa shape index (κ3) is 5.81. The van der Waals surface area contributed by atoms with Gasteiger partial charge in [-0.1, -0.05) is 30.3 Å². The molecule has 8 nitrogen and oxygen atoms in total. The van der Waals surface area contributed by atoms with Crippen LogP contribution in [0.2, 0.25) is 0 Å². The predicted molar refractivity (Wildman–Crippen MR) is 144 cm³/mol. The van der Waals surface area contributed by atoms with Crippen molar-refractivity contribution < 1.29 is 28.2 Å². The third-order valence-corrected chi connectivity index (χ3v) is 6.46. The van der Waals surface area contributed by atoms with Crippen molar-refractivity contribution in [2.45, 2.75) is 26.5 Å². The minimum atomic E-state index is -1.09. The first-order valence-corrected chi connectivity index (χ1v) is 12.5. The van der Waals surface area contributed by atoms with Crippen LogP contribution in [0.5, 0.6) is 5.88 Å². The van der Waals surface area contributed by atoms with Crippen LogP contribution in [0.25, 0.3) is 22.4 Å². The maximum atomic E-state index is 15.3. The van der Waals surface area contributed by atoms with Crippen molar-refractivity contribution in [3.05, 3.63) is 107 Å². The van der Waals surface area contributed by atoms with Crippen LogP contribution in [0.4, 0.5) is 8.78 Å². The van der Waals surface area contributed by atoms with Crippen LogP contribution in [-0.4, -0.2) is 44.3 Å². The average Bonchev–Trinajstić information content (AvgIpc) is 3.28. The lowest BCUT2D eigenvalue weighted by Gasteiger charge is -2.11. The maximum Gasteiger partial charge on any atom is 0.337 e. The van der Waals surface area contributed by atoms with Gasteiger partial charge in [-0.15, -0.1) is 0 Å². The summed E-state index contributed by atoms with van der Waals surface area (Å²) in [7, 11) is 1.56. The second kappa shape index (κ2) is 11.6. The van der Waals surface area contributed by atoms with Crippen LogP contribution in [0.3, 0.4) is 0 Å². The van der Waals surface area contributed by atoms with Crippen molar-refractivity contribution in [1.82, 2.24) is 19.5 Å². The van der Waals surface area contributed by atoms with E-state index in [9.17, 15) is 14.3 Å². The van der Waals surface area contributed by atoms with Crippen molar-refractivity contribution in [2.24, 2.45) is 0 Å². The van der Waals surface area contributed by atoms with E-state index >= 15 is 4.39 Å². The number of halogens is 2. The summed E-state index contributed by atoms with van der Waals surface area (Å²) in [5.41, 5.74) is 3.64.